The first kappa shape index (κ1) is 27.9. The van der Waals surface area contributed by atoms with Crippen LogP contribution in [0, 0.1) is 6.92 Å². The van der Waals surface area contributed by atoms with Gasteiger partial charge < -0.3 is 10.6 Å². The van der Waals surface area contributed by atoms with Gasteiger partial charge in [0.1, 0.15) is 0 Å². The van der Waals surface area contributed by atoms with Crippen molar-refractivity contribution in [2.24, 2.45) is 0 Å². The van der Waals surface area contributed by atoms with E-state index in [2.05, 4.69) is 10.6 Å². The Labute approximate surface area is 232 Å². The van der Waals surface area contributed by atoms with Crippen LogP contribution in [0.5, 0.6) is 0 Å². The van der Waals surface area contributed by atoms with Crippen LogP contribution in [0.4, 0.5) is 21.9 Å². The highest BCUT2D eigenvalue weighted by molar-refractivity contribution is 7.91. The summed E-state index contributed by atoms with van der Waals surface area (Å²) in [5.74, 6) is -0.0606. The minimum Gasteiger partial charge on any atom is -0.322 e. The number of aryl methyl sites for hydroxylation is 1. The molecule has 0 aromatic heterocycles. The maximum atomic E-state index is 13.4. The molecule has 2 N–H and O–H groups in total. The van der Waals surface area contributed by atoms with E-state index in [1.807, 2.05) is 11.8 Å². The fraction of sp³-hybridized carbons (Fsp3) is 0.259. The van der Waals surface area contributed by atoms with Crippen LogP contribution in [-0.4, -0.2) is 62.9 Å². The Hall–Kier alpha value is -3.11. The van der Waals surface area contributed by atoms with Gasteiger partial charge in [0.05, 0.1) is 11.5 Å². The average molecular weight is 576 g/mol. The second kappa shape index (κ2) is 12.2. The molecule has 38 heavy (non-hydrogen) atoms. The van der Waals surface area contributed by atoms with Crippen molar-refractivity contribution in [2.45, 2.75) is 6.92 Å². The predicted octanol–water partition coefficient (Wildman–Crippen LogP) is 5.32. The summed E-state index contributed by atoms with van der Waals surface area (Å²) in [6.45, 7) is 3.53. The maximum Gasteiger partial charge on any atom is 0.326 e. The van der Waals surface area contributed by atoms with Crippen molar-refractivity contribution in [3.63, 3.8) is 0 Å². The fourth-order valence-corrected chi connectivity index (χ4v) is 5.64. The number of urea groups is 1. The van der Waals surface area contributed by atoms with Crippen molar-refractivity contribution in [1.29, 1.82) is 0 Å². The molecule has 8 nitrogen and oxygen atoms in total. The first-order chi connectivity index (χ1) is 18.1. The first-order valence-electron chi connectivity index (χ1n) is 12.0. The molecule has 1 heterocycles. The summed E-state index contributed by atoms with van der Waals surface area (Å²) in [6, 6.07) is 18.4. The molecule has 0 bridgehead atoms. The maximum absolute atomic E-state index is 13.4. The monoisotopic (exact) mass is 574 g/mol. The number of halogens is 2. The Bertz CT molecular complexity index is 1400. The lowest BCUT2D eigenvalue weighted by atomic mass is 10.1. The zero-order chi connectivity index (χ0) is 27.3. The van der Waals surface area contributed by atoms with Crippen LogP contribution in [0.25, 0.3) is 0 Å². The number of hydrogen-bond donors (Lipinski definition) is 2. The Morgan fingerprint density at radius 2 is 1.42 bits per heavy atom. The largest absolute Gasteiger partial charge is 0.326 e. The Kier molecular flexibility index (Phi) is 8.94. The molecule has 0 atom stereocenters. The van der Waals surface area contributed by atoms with E-state index in [0.29, 0.717) is 58.8 Å². The number of nitrogens with one attached hydrogen (secondary N) is 2. The molecule has 3 aromatic carbocycles. The third kappa shape index (κ3) is 7.48. The summed E-state index contributed by atoms with van der Waals surface area (Å²) >= 11 is 11.9. The van der Waals surface area contributed by atoms with E-state index in [1.54, 1.807) is 71.6 Å². The lowest BCUT2D eigenvalue weighted by molar-refractivity contribution is 0.102. The highest BCUT2D eigenvalue weighted by Crippen LogP contribution is 2.24. The fourth-order valence-electron chi connectivity index (χ4n) is 4.11. The third-order valence-corrected chi connectivity index (χ3v) is 8.38. The number of sulfone groups is 1. The number of carbonyl (C=O) groups is 2. The first-order valence-corrected chi connectivity index (χ1v) is 14.6. The van der Waals surface area contributed by atoms with Crippen molar-refractivity contribution in [3.8, 4) is 0 Å². The van der Waals surface area contributed by atoms with Crippen molar-refractivity contribution in [3.05, 3.63) is 87.9 Å². The molecule has 0 saturated carbocycles. The number of anilines is 3. The van der Waals surface area contributed by atoms with Gasteiger partial charge in [-0.2, -0.15) is 0 Å². The van der Waals surface area contributed by atoms with Gasteiger partial charge in [0.25, 0.3) is 5.91 Å². The van der Waals surface area contributed by atoms with Crippen LogP contribution < -0.4 is 15.5 Å². The molecule has 0 aliphatic carbocycles. The molecule has 3 aromatic rings. The quantitative estimate of drug-likeness (QED) is 0.397. The second-order valence-electron chi connectivity index (χ2n) is 9.04. The summed E-state index contributed by atoms with van der Waals surface area (Å²) < 4.78 is 23.6. The Morgan fingerprint density at radius 1 is 0.868 bits per heavy atom. The molecule has 11 heteroatoms. The predicted molar refractivity (Wildman–Crippen MR) is 153 cm³/mol. The van der Waals surface area contributed by atoms with Gasteiger partial charge in [-0.3, -0.25) is 14.6 Å². The molecule has 0 unspecified atom stereocenters. The van der Waals surface area contributed by atoms with Gasteiger partial charge in [0.15, 0.2) is 9.84 Å². The van der Waals surface area contributed by atoms with Crippen molar-refractivity contribution >= 4 is 62.0 Å². The summed E-state index contributed by atoms with van der Waals surface area (Å²) in [5.41, 5.74) is 3.03. The molecule has 0 radical (unpaired) electrons. The number of amides is 3. The number of nitrogens with zero attached hydrogens (tertiary/aromatic N) is 2. The zero-order valence-corrected chi connectivity index (χ0v) is 23.1. The smallest absolute Gasteiger partial charge is 0.322 e. The number of hydrogen-bond acceptors (Lipinski definition) is 5. The number of carbonyl (C=O) groups excluding carboxylic acids is 2. The van der Waals surface area contributed by atoms with Gasteiger partial charge in [-0.1, -0.05) is 23.2 Å². The summed E-state index contributed by atoms with van der Waals surface area (Å²) in [7, 11) is -3.00. The molecule has 200 valence electrons. The minimum absolute atomic E-state index is 0.112. The summed E-state index contributed by atoms with van der Waals surface area (Å²) in [4.78, 5) is 29.8. The normalized spacial score (nSPS) is 15.0. The molecular weight excluding hydrogens is 547 g/mol. The van der Waals surface area contributed by atoms with Gasteiger partial charge >= 0.3 is 6.03 Å². The standard InChI is InChI=1S/C27H28Cl2N4O4S/c1-19-18-20(26(34)30-23-7-3-21(28)4-8-23)2-11-25(19)33(13-12-32-14-16-38(36,37)17-15-32)27(35)31-24-9-5-22(29)6-10-24/h2-11,18H,12-17H2,1H3,(H,30,34)(H,31,35). The van der Waals surface area contributed by atoms with E-state index in [-0.39, 0.29) is 23.4 Å². The highest BCUT2D eigenvalue weighted by Gasteiger charge is 2.24. The van der Waals surface area contributed by atoms with Crippen molar-refractivity contribution < 1.29 is 18.0 Å². The van der Waals surface area contributed by atoms with Crippen LogP contribution in [0.2, 0.25) is 10.0 Å². The van der Waals surface area contributed by atoms with Gasteiger partial charge in [0, 0.05) is 58.8 Å². The van der Waals surface area contributed by atoms with E-state index in [4.69, 9.17) is 23.2 Å². The molecule has 1 aliphatic rings. The summed E-state index contributed by atoms with van der Waals surface area (Å²) in [5, 5.41) is 6.87. The van der Waals surface area contributed by atoms with Crippen LogP contribution in [-0.2, 0) is 9.84 Å². The summed E-state index contributed by atoms with van der Waals surface area (Å²) in [6.07, 6.45) is 0. The van der Waals surface area contributed by atoms with E-state index in [0.717, 1.165) is 5.56 Å². The van der Waals surface area contributed by atoms with Gasteiger partial charge in [-0.15, -0.1) is 0 Å². The number of rotatable bonds is 7. The van der Waals surface area contributed by atoms with Gasteiger partial charge in [-0.25, -0.2) is 13.2 Å². The zero-order valence-electron chi connectivity index (χ0n) is 20.8. The topological polar surface area (TPSA) is 98.8 Å². The highest BCUT2D eigenvalue weighted by atomic mass is 35.5. The molecule has 0 spiro atoms. The van der Waals surface area contributed by atoms with Crippen LogP contribution in [0.1, 0.15) is 15.9 Å². The Balaban J connectivity index is 1.52. The third-order valence-electron chi connectivity index (χ3n) is 6.27. The van der Waals surface area contributed by atoms with Crippen LogP contribution in [0.15, 0.2) is 66.7 Å². The van der Waals surface area contributed by atoms with Gasteiger partial charge in [0.2, 0.25) is 0 Å². The van der Waals surface area contributed by atoms with E-state index in [9.17, 15) is 18.0 Å². The second-order valence-corrected chi connectivity index (χ2v) is 12.2. The van der Waals surface area contributed by atoms with Gasteiger partial charge in [-0.05, 0) is 79.2 Å². The van der Waals surface area contributed by atoms with Crippen LogP contribution >= 0.6 is 23.2 Å². The Morgan fingerprint density at radius 3 is 1.97 bits per heavy atom. The minimum atomic E-state index is -3.00. The number of benzene rings is 3. The van der Waals surface area contributed by atoms with E-state index < -0.39 is 9.84 Å². The SMILES string of the molecule is Cc1cc(C(=O)Nc2ccc(Cl)cc2)ccc1N(CCN1CCS(=O)(=O)CC1)C(=O)Nc1ccc(Cl)cc1. The van der Waals surface area contributed by atoms with E-state index >= 15 is 0 Å². The van der Waals surface area contributed by atoms with Crippen LogP contribution in [0.3, 0.4) is 0 Å². The molecule has 4 rings (SSSR count). The molecular formula is C27H28Cl2N4O4S. The lowest BCUT2D eigenvalue weighted by Crippen LogP contribution is -2.46. The average Bonchev–Trinajstić information content (AvgIpc) is 2.88. The van der Waals surface area contributed by atoms with E-state index in [1.165, 1.54) is 0 Å². The van der Waals surface area contributed by atoms with Crippen molar-refractivity contribution in [1.82, 2.24) is 4.90 Å². The lowest BCUT2D eigenvalue weighted by Gasteiger charge is -2.31. The molecule has 1 aliphatic heterocycles. The molecule has 3 amide bonds. The van der Waals surface area contributed by atoms with Crippen molar-refractivity contribution in [2.75, 3.05) is 53.2 Å². The molecule has 1 saturated heterocycles. The molecule has 1 fully saturated rings.